The number of hydrogen-bond donors (Lipinski definition) is 1. The van der Waals surface area contributed by atoms with E-state index in [1.54, 1.807) is 11.6 Å². The Kier molecular flexibility index (Phi) is 7.63. The molecule has 1 saturated heterocycles. The lowest BCUT2D eigenvalue weighted by molar-refractivity contribution is -0.142. The topological polar surface area (TPSA) is 99.7 Å². The van der Waals surface area contributed by atoms with E-state index in [1.165, 1.54) is 35.6 Å². The van der Waals surface area contributed by atoms with Crippen LogP contribution >= 0.6 is 11.3 Å². The Hall–Kier alpha value is -2.37. The van der Waals surface area contributed by atoms with Crippen LogP contribution in [0.4, 0.5) is 9.52 Å². The first-order valence-corrected chi connectivity index (χ1v) is 13.8. The molecule has 1 atom stereocenters. The number of piperazine rings is 1. The molecule has 4 rings (SSSR count). The first kappa shape index (κ1) is 24.7. The van der Waals surface area contributed by atoms with Crippen molar-refractivity contribution in [2.45, 2.75) is 56.4 Å². The zero-order valence-electron chi connectivity index (χ0n) is 19.1. The number of amides is 2. The smallest absolute Gasteiger partial charge is 0.248 e. The number of sulfonamides is 1. The Morgan fingerprint density at radius 3 is 2.68 bits per heavy atom. The highest BCUT2D eigenvalue weighted by atomic mass is 32.2. The number of rotatable bonds is 7. The maximum atomic E-state index is 13.5. The van der Waals surface area contributed by atoms with Crippen molar-refractivity contribution in [2.75, 3.05) is 25.0 Å². The van der Waals surface area contributed by atoms with Crippen LogP contribution in [0.25, 0.3) is 0 Å². The molecule has 2 aromatic rings. The van der Waals surface area contributed by atoms with Crippen LogP contribution in [-0.2, 0) is 19.6 Å². The lowest BCUT2D eigenvalue weighted by atomic mass is 9.84. The van der Waals surface area contributed by atoms with Crippen LogP contribution in [-0.4, -0.2) is 60.1 Å². The fraction of sp³-hybridized carbons (Fsp3) is 0.522. The third-order valence-corrected chi connectivity index (χ3v) is 9.29. The number of carbonyl (C=O) groups is 2. The van der Waals surface area contributed by atoms with Gasteiger partial charge in [0.05, 0.1) is 11.4 Å². The van der Waals surface area contributed by atoms with Crippen molar-refractivity contribution in [1.29, 1.82) is 0 Å². The summed E-state index contributed by atoms with van der Waals surface area (Å²) in [7, 11) is -3.97. The van der Waals surface area contributed by atoms with E-state index in [0.29, 0.717) is 17.5 Å². The van der Waals surface area contributed by atoms with Gasteiger partial charge in [-0.15, -0.1) is 11.3 Å². The van der Waals surface area contributed by atoms with Crippen molar-refractivity contribution in [2.24, 2.45) is 5.92 Å². The largest absolute Gasteiger partial charge is 0.328 e. The maximum Gasteiger partial charge on any atom is 0.248 e. The minimum atomic E-state index is -3.97. The highest BCUT2D eigenvalue weighted by Gasteiger charge is 2.39. The normalized spacial score (nSPS) is 19.2. The van der Waals surface area contributed by atoms with Gasteiger partial charge in [-0.2, -0.15) is 4.31 Å². The highest BCUT2D eigenvalue weighted by Crippen LogP contribution is 2.30. The van der Waals surface area contributed by atoms with Gasteiger partial charge in [0, 0.05) is 24.7 Å². The molecule has 11 heteroatoms. The molecule has 8 nitrogen and oxygen atoms in total. The Labute approximate surface area is 203 Å². The molecule has 1 aliphatic heterocycles. The SMILES string of the molecule is Cc1cc(F)ccc1S(=O)(=O)N1CCN(C(CC2CCCCC2)C(=O)Nc2nccs2)C(=O)C1. The first-order valence-electron chi connectivity index (χ1n) is 11.5. The van der Waals surface area contributed by atoms with Crippen molar-refractivity contribution >= 4 is 38.3 Å². The third-order valence-electron chi connectivity index (χ3n) is 6.60. The summed E-state index contributed by atoms with van der Waals surface area (Å²) in [4.78, 5) is 32.0. The molecule has 2 aliphatic rings. The van der Waals surface area contributed by atoms with Crippen LogP contribution < -0.4 is 5.32 Å². The second-order valence-electron chi connectivity index (χ2n) is 8.92. The van der Waals surface area contributed by atoms with Crippen molar-refractivity contribution in [3.05, 3.63) is 41.2 Å². The molecule has 34 heavy (non-hydrogen) atoms. The molecule has 1 aromatic heterocycles. The predicted octanol–water partition coefficient (Wildman–Crippen LogP) is 3.40. The minimum absolute atomic E-state index is 0.0181. The second kappa shape index (κ2) is 10.5. The maximum absolute atomic E-state index is 13.5. The van der Waals surface area contributed by atoms with Crippen LogP contribution in [0, 0.1) is 18.7 Å². The van der Waals surface area contributed by atoms with Gasteiger partial charge in [-0.25, -0.2) is 17.8 Å². The Morgan fingerprint density at radius 1 is 1.26 bits per heavy atom. The van der Waals surface area contributed by atoms with Crippen molar-refractivity contribution in [3.8, 4) is 0 Å². The fourth-order valence-electron chi connectivity index (χ4n) is 4.83. The van der Waals surface area contributed by atoms with Crippen LogP contribution in [0.5, 0.6) is 0 Å². The molecule has 1 aromatic carbocycles. The van der Waals surface area contributed by atoms with Gasteiger partial charge in [0.15, 0.2) is 5.13 Å². The van der Waals surface area contributed by atoms with E-state index >= 15 is 0 Å². The van der Waals surface area contributed by atoms with Gasteiger partial charge in [0.25, 0.3) is 0 Å². The second-order valence-corrected chi connectivity index (χ2v) is 11.7. The number of anilines is 1. The van der Waals surface area contributed by atoms with E-state index in [9.17, 15) is 22.4 Å². The van der Waals surface area contributed by atoms with Crippen molar-refractivity contribution < 1.29 is 22.4 Å². The van der Waals surface area contributed by atoms with E-state index in [1.807, 2.05) is 0 Å². The highest BCUT2D eigenvalue weighted by molar-refractivity contribution is 7.89. The van der Waals surface area contributed by atoms with E-state index in [-0.39, 0.29) is 36.0 Å². The van der Waals surface area contributed by atoms with Crippen molar-refractivity contribution in [1.82, 2.24) is 14.2 Å². The lowest BCUT2D eigenvalue weighted by Crippen LogP contribution is -2.58. The Morgan fingerprint density at radius 2 is 2.03 bits per heavy atom. The number of hydrogen-bond acceptors (Lipinski definition) is 6. The number of benzene rings is 1. The molecular weight excluding hydrogens is 479 g/mol. The monoisotopic (exact) mass is 508 g/mol. The zero-order valence-corrected chi connectivity index (χ0v) is 20.7. The summed E-state index contributed by atoms with van der Waals surface area (Å²) in [6.45, 7) is 1.35. The fourth-order valence-corrected chi connectivity index (χ4v) is 6.95. The molecule has 0 radical (unpaired) electrons. The van der Waals surface area contributed by atoms with E-state index in [4.69, 9.17) is 0 Å². The first-order chi connectivity index (χ1) is 16.3. The van der Waals surface area contributed by atoms with Crippen LogP contribution in [0.3, 0.4) is 0 Å². The molecular formula is C23H29FN4O4S2. The number of nitrogens with zero attached hydrogens (tertiary/aromatic N) is 3. The summed E-state index contributed by atoms with van der Waals surface area (Å²) in [5, 5.41) is 5.05. The molecule has 1 saturated carbocycles. The average molecular weight is 509 g/mol. The Bertz CT molecular complexity index is 1130. The van der Waals surface area contributed by atoms with Crippen LogP contribution in [0.15, 0.2) is 34.7 Å². The number of carbonyl (C=O) groups excluding carboxylic acids is 2. The van der Waals surface area contributed by atoms with Crippen LogP contribution in [0.2, 0.25) is 0 Å². The summed E-state index contributed by atoms with van der Waals surface area (Å²) in [5.41, 5.74) is 0.285. The number of aryl methyl sites for hydroxylation is 1. The van der Waals surface area contributed by atoms with Gasteiger partial charge < -0.3 is 10.2 Å². The molecule has 2 heterocycles. The number of nitrogens with one attached hydrogen (secondary N) is 1. The quantitative estimate of drug-likeness (QED) is 0.618. The predicted molar refractivity (Wildman–Crippen MR) is 127 cm³/mol. The zero-order chi connectivity index (χ0) is 24.3. The minimum Gasteiger partial charge on any atom is -0.328 e. The molecule has 1 unspecified atom stereocenters. The number of thiazole rings is 1. The molecule has 184 valence electrons. The van der Waals surface area contributed by atoms with E-state index < -0.39 is 27.8 Å². The van der Waals surface area contributed by atoms with Gasteiger partial charge in [0.1, 0.15) is 11.9 Å². The molecule has 0 bridgehead atoms. The molecule has 1 aliphatic carbocycles. The number of aromatic nitrogens is 1. The standard InChI is InChI=1S/C23H29FN4O4S2/c1-16-13-18(24)7-8-20(16)34(31,32)27-10-11-28(21(29)15-27)19(14-17-5-3-2-4-6-17)22(30)26-23-25-9-12-33-23/h7-9,12-13,17,19H,2-6,10-11,14-15H2,1H3,(H,25,26,30). The average Bonchev–Trinajstić information content (AvgIpc) is 3.31. The van der Waals surface area contributed by atoms with Gasteiger partial charge in [-0.3, -0.25) is 9.59 Å². The molecule has 2 fully saturated rings. The van der Waals surface area contributed by atoms with Gasteiger partial charge in [0.2, 0.25) is 21.8 Å². The Balaban J connectivity index is 1.51. The third kappa shape index (κ3) is 5.47. The molecule has 2 amide bonds. The van der Waals surface area contributed by atoms with Gasteiger partial charge in [-0.1, -0.05) is 32.1 Å². The lowest BCUT2D eigenvalue weighted by Gasteiger charge is -2.39. The van der Waals surface area contributed by atoms with E-state index in [2.05, 4.69) is 10.3 Å². The van der Waals surface area contributed by atoms with Crippen molar-refractivity contribution in [3.63, 3.8) is 0 Å². The summed E-state index contributed by atoms with van der Waals surface area (Å²) in [6, 6.07) is 2.80. The van der Waals surface area contributed by atoms with Crippen LogP contribution in [0.1, 0.15) is 44.1 Å². The molecule has 0 spiro atoms. The van der Waals surface area contributed by atoms with E-state index in [0.717, 1.165) is 42.1 Å². The summed E-state index contributed by atoms with van der Waals surface area (Å²) < 4.78 is 40.9. The summed E-state index contributed by atoms with van der Waals surface area (Å²) in [5.74, 6) is -0.879. The van der Waals surface area contributed by atoms with Gasteiger partial charge >= 0.3 is 0 Å². The summed E-state index contributed by atoms with van der Waals surface area (Å²) in [6.07, 6.45) is 7.60. The number of halogens is 1. The van der Waals surface area contributed by atoms with Gasteiger partial charge in [-0.05, 0) is 43.0 Å². The molecule has 1 N–H and O–H groups in total. The summed E-state index contributed by atoms with van der Waals surface area (Å²) >= 11 is 1.31.